The molecule has 3 nitrogen and oxygen atoms in total. The highest BCUT2D eigenvalue weighted by molar-refractivity contribution is 7.10. The third-order valence-corrected chi connectivity index (χ3v) is 5.13. The minimum atomic E-state index is 0.141. The first-order chi connectivity index (χ1) is 10.2. The third-order valence-electron chi connectivity index (χ3n) is 4.23. The average Bonchev–Trinajstić information content (AvgIpc) is 2.95. The Morgan fingerprint density at radius 1 is 1.43 bits per heavy atom. The molecule has 0 saturated carbocycles. The zero-order chi connectivity index (χ0) is 15.1. The minimum absolute atomic E-state index is 0.141. The monoisotopic (exact) mass is 306 g/mol. The topological polar surface area (TPSA) is 26.7 Å². The summed E-state index contributed by atoms with van der Waals surface area (Å²) in [6, 6.07) is 2.78. The fourth-order valence-corrected chi connectivity index (χ4v) is 3.71. The molecule has 1 aliphatic heterocycles. The molecule has 1 N–H and O–H groups in total. The van der Waals surface area contributed by atoms with E-state index in [1.54, 1.807) is 11.3 Å². The maximum absolute atomic E-state index is 8.81. The van der Waals surface area contributed by atoms with Crippen molar-refractivity contribution in [2.45, 2.75) is 38.8 Å². The van der Waals surface area contributed by atoms with Crippen LogP contribution in [-0.4, -0.2) is 54.2 Å². The molecule has 0 aliphatic carbocycles. The zero-order valence-corrected chi connectivity index (χ0v) is 14.0. The summed E-state index contributed by atoms with van der Waals surface area (Å²) in [5.41, 5.74) is 1.13. The SMILES string of the molecule is CCN1CCC(N(C)Cc2sccc2C#CCCO)CC1. The Bertz CT molecular complexity index is 480. The van der Waals surface area contributed by atoms with Crippen LogP contribution >= 0.6 is 11.3 Å². The van der Waals surface area contributed by atoms with Crippen LogP contribution in [0.25, 0.3) is 0 Å². The molecule has 0 radical (unpaired) electrons. The first-order valence-corrected chi connectivity index (χ1v) is 8.71. The second-order valence-electron chi connectivity index (χ2n) is 5.61. The van der Waals surface area contributed by atoms with E-state index < -0.39 is 0 Å². The van der Waals surface area contributed by atoms with Crippen molar-refractivity contribution in [3.63, 3.8) is 0 Å². The van der Waals surface area contributed by atoms with E-state index in [4.69, 9.17) is 5.11 Å². The van der Waals surface area contributed by atoms with Gasteiger partial charge < -0.3 is 10.0 Å². The van der Waals surface area contributed by atoms with E-state index in [1.165, 1.54) is 37.4 Å². The van der Waals surface area contributed by atoms with Gasteiger partial charge in [0.15, 0.2) is 0 Å². The quantitative estimate of drug-likeness (QED) is 0.846. The van der Waals surface area contributed by atoms with Crippen LogP contribution in [-0.2, 0) is 6.54 Å². The summed E-state index contributed by atoms with van der Waals surface area (Å²) >= 11 is 1.79. The van der Waals surface area contributed by atoms with E-state index in [0.717, 1.165) is 12.1 Å². The van der Waals surface area contributed by atoms with E-state index in [2.05, 4.69) is 47.1 Å². The molecule has 1 aromatic heterocycles. The smallest absolute Gasteiger partial charge is 0.0540 e. The largest absolute Gasteiger partial charge is 0.395 e. The van der Waals surface area contributed by atoms with E-state index in [-0.39, 0.29) is 6.61 Å². The Morgan fingerprint density at radius 3 is 2.86 bits per heavy atom. The van der Waals surface area contributed by atoms with Crippen molar-refractivity contribution in [2.75, 3.05) is 33.3 Å². The standard InChI is InChI=1S/C17H26N2OS/c1-3-19-10-7-16(8-11-19)18(2)14-17-15(9-13-21-17)6-4-5-12-20/h9,13,16,20H,3,5,7-8,10-12,14H2,1-2H3. The number of aliphatic hydroxyl groups is 1. The predicted octanol–water partition coefficient (Wildman–Crippen LogP) is 2.40. The molecule has 21 heavy (non-hydrogen) atoms. The van der Waals surface area contributed by atoms with Crippen LogP contribution in [0.15, 0.2) is 11.4 Å². The molecule has 0 aromatic carbocycles. The van der Waals surface area contributed by atoms with Crippen molar-refractivity contribution < 1.29 is 5.11 Å². The van der Waals surface area contributed by atoms with Gasteiger partial charge >= 0.3 is 0 Å². The Hall–Kier alpha value is -0.860. The Kier molecular flexibility index (Phi) is 6.72. The minimum Gasteiger partial charge on any atom is -0.395 e. The molecule has 1 aromatic rings. The summed E-state index contributed by atoms with van der Waals surface area (Å²) in [5, 5.41) is 10.9. The number of thiophene rings is 1. The van der Waals surface area contributed by atoms with Crippen LogP contribution in [0.5, 0.6) is 0 Å². The molecule has 0 atom stereocenters. The fraction of sp³-hybridized carbons (Fsp3) is 0.647. The van der Waals surface area contributed by atoms with Crippen molar-refractivity contribution in [3.8, 4) is 11.8 Å². The lowest BCUT2D eigenvalue weighted by atomic mass is 10.0. The van der Waals surface area contributed by atoms with Gasteiger partial charge in [0.25, 0.3) is 0 Å². The van der Waals surface area contributed by atoms with Crippen molar-refractivity contribution in [1.82, 2.24) is 9.80 Å². The van der Waals surface area contributed by atoms with Gasteiger partial charge in [0, 0.05) is 29.4 Å². The van der Waals surface area contributed by atoms with Crippen LogP contribution in [0.1, 0.15) is 36.6 Å². The summed E-state index contributed by atoms with van der Waals surface area (Å²) < 4.78 is 0. The molecule has 1 aliphatic rings. The van der Waals surface area contributed by atoms with Crippen LogP contribution in [0.4, 0.5) is 0 Å². The van der Waals surface area contributed by atoms with Crippen LogP contribution in [0.3, 0.4) is 0 Å². The van der Waals surface area contributed by atoms with Gasteiger partial charge in [-0.1, -0.05) is 18.8 Å². The second kappa shape index (κ2) is 8.55. The summed E-state index contributed by atoms with van der Waals surface area (Å²) in [7, 11) is 2.23. The Balaban J connectivity index is 1.90. The molecule has 2 rings (SSSR count). The number of aliphatic hydroxyl groups excluding tert-OH is 1. The van der Waals surface area contributed by atoms with Gasteiger partial charge in [-0.3, -0.25) is 4.90 Å². The van der Waals surface area contributed by atoms with Crippen LogP contribution in [0.2, 0.25) is 0 Å². The van der Waals surface area contributed by atoms with Gasteiger partial charge in [0.2, 0.25) is 0 Å². The van der Waals surface area contributed by atoms with Crippen molar-refractivity contribution >= 4 is 11.3 Å². The molecule has 0 unspecified atom stereocenters. The van der Waals surface area contributed by atoms with Crippen molar-refractivity contribution in [2.24, 2.45) is 0 Å². The first-order valence-electron chi connectivity index (χ1n) is 7.83. The molecule has 0 spiro atoms. The Morgan fingerprint density at radius 2 is 2.19 bits per heavy atom. The summed E-state index contributed by atoms with van der Waals surface area (Å²) in [6.45, 7) is 6.98. The summed E-state index contributed by atoms with van der Waals surface area (Å²) in [5.74, 6) is 6.21. The van der Waals surface area contributed by atoms with E-state index in [0.29, 0.717) is 12.5 Å². The van der Waals surface area contributed by atoms with Crippen LogP contribution < -0.4 is 0 Å². The normalized spacial score (nSPS) is 17.0. The van der Waals surface area contributed by atoms with E-state index in [9.17, 15) is 0 Å². The molecule has 0 amide bonds. The lowest BCUT2D eigenvalue weighted by molar-refractivity contribution is 0.128. The number of hydrogen-bond donors (Lipinski definition) is 1. The van der Waals surface area contributed by atoms with Gasteiger partial charge in [-0.25, -0.2) is 0 Å². The van der Waals surface area contributed by atoms with Crippen LogP contribution in [0, 0.1) is 11.8 Å². The lowest BCUT2D eigenvalue weighted by Crippen LogP contribution is -2.42. The molecular formula is C17H26N2OS. The first kappa shape index (κ1) is 16.5. The van der Waals surface area contributed by atoms with Crippen molar-refractivity contribution in [3.05, 3.63) is 21.9 Å². The molecular weight excluding hydrogens is 280 g/mol. The Labute approximate surface area is 132 Å². The number of nitrogens with zero attached hydrogens (tertiary/aromatic N) is 2. The maximum atomic E-state index is 8.81. The van der Waals surface area contributed by atoms with Gasteiger partial charge in [0.05, 0.1) is 6.61 Å². The number of hydrogen-bond acceptors (Lipinski definition) is 4. The average molecular weight is 306 g/mol. The molecule has 0 bridgehead atoms. The highest BCUT2D eigenvalue weighted by Crippen LogP contribution is 2.22. The predicted molar refractivity (Wildman–Crippen MR) is 89.5 cm³/mol. The highest BCUT2D eigenvalue weighted by Gasteiger charge is 2.22. The number of piperidine rings is 1. The van der Waals surface area contributed by atoms with Gasteiger partial charge in [0.1, 0.15) is 0 Å². The highest BCUT2D eigenvalue weighted by atomic mass is 32.1. The molecule has 1 fully saturated rings. The number of likely N-dealkylation sites (tertiary alicyclic amines) is 1. The molecule has 1 saturated heterocycles. The summed E-state index contributed by atoms with van der Waals surface area (Å²) in [4.78, 5) is 6.36. The second-order valence-corrected chi connectivity index (χ2v) is 6.61. The number of rotatable bonds is 5. The molecule has 4 heteroatoms. The van der Waals surface area contributed by atoms with Gasteiger partial charge in [-0.05, 0) is 51.0 Å². The zero-order valence-electron chi connectivity index (χ0n) is 13.1. The van der Waals surface area contributed by atoms with Crippen molar-refractivity contribution in [1.29, 1.82) is 0 Å². The molecule has 2 heterocycles. The fourth-order valence-electron chi connectivity index (χ4n) is 2.82. The lowest BCUT2D eigenvalue weighted by Gasteiger charge is -2.36. The maximum Gasteiger partial charge on any atom is 0.0540 e. The van der Waals surface area contributed by atoms with E-state index >= 15 is 0 Å². The van der Waals surface area contributed by atoms with E-state index in [1.807, 2.05) is 0 Å². The van der Waals surface area contributed by atoms with Gasteiger partial charge in [-0.2, -0.15) is 0 Å². The third kappa shape index (κ3) is 4.82. The molecule has 116 valence electrons. The van der Waals surface area contributed by atoms with Gasteiger partial charge in [-0.15, -0.1) is 11.3 Å². The summed E-state index contributed by atoms with van der Waals surface area (Å²) in [6.07, 6.45) is 3.09.